The van der Waals surface area contributed by atoms with Crippen molar-refractivity contribution in [3.8, 4) is 5.75 Å². The summed E-state index contributed by atoms with van der Waals surface area (Å²) in [7, 11) is 0. The molecule has 0 spiro atoms. The van der Waals surface area contributed by atoms with Crippen LogP contribution in [-0.2, 0) is 4.74 Å². The molecule has 1 aliphatic rings. The fourth-order valence-corrected chi connectivity index (χ4v) is 2.22. The third kappa shape index (κ3) is 4.42. The van der Waals surface area contributed by atoms with E-state index in [1.54, 1.807) is 0 Å². The molecule has 5 nitrogen and oxygen atoms in total. The molecule has 1 aliphatic heterocycles. The Kier molecular flexibility index (Phi) is 5.68. The Morgan fingerprint density at radius 3 is 3.05 bits per heavy atom. The summed E-state index contributed by atoms with van der Waals surface area (Å²) in [5.41, 5.74) is 0.687. The summed E-state index contributed by atoms with van der Waals surface area (Å²) in [4.78, 5) is 11.9. The van der Waals surface area contributed by atoms with Gasteiger partial charge in [-0.15, -0.1) is 0 Å². The maximum Gasteiger partial charge on any atom is 0.319 e. The smallest absolute Gasteiger partial charge is 0.319 e. The number of benzene rings is 1. The molecule has 0 radical (unpaired) electrons. The monoisotopic (exact) mass is 278 g/mol. The Bertz CT molecular complexity index is 431. The van der Waals surface area contributed by atoms with Crippen molar-refractivity contribution in [1.82, 2.24) is 5.32 Å². The van der Waals surface area contributed by atoms with Crippen LogP contribution in [0.15, 0.2) is 24.3 Å². The fraction of sp³-hybridized carbons (Fsp3) is 0.533. The number of nitrogens with one attached hydrogen (secondary N) is 2. The van der Waals surface area contributed by atoms with E-state index >= 15 is 0 Å². The van der Waals surface area contributed by atoms with Gasteiger partial charge < -0.3 is 20.1 Å². The number of carbonyl (C=O) groups is 1. The Morgan fingerprint density at radius 1 is 1.45 bits per heavy atom. The number of para-hydroxylation sites is 2. The lowest BCUT2D eigenvalue weighted by Gasteiger charge is -2.22. The van der Waals surface area contributed by atoms with Crippen LogP contribution in [-0.4, -0.2) is 32.4 Å². The topological polar surface area (TPSA) is 59.6 Å². The average molecular weight is 278 g/mol. The zero-order valence-electron chi connectivity index (χ0n) is 11.9. The highest BCUT2D eigenvalue weighted by atomic mass is 16.5. The zero-order chi connectivity index (χ0) is 14.2. The molecule has 110 valence electrons. The van der Waals surface area contributed by atoms with Crippen LogP contribution in [0.2, 0.25) is 0 Å². The molecule has 0 saturated carbocycles. The molecule has 1 atom stereocenters. The number of carbonyl (C=O) groups excluding carboxylic acids is 1. The molecule has 1 unspecified atom stereocenters. The molecule has 1 fully saturated rings. The lowest BCUT2D eigenvalue weighted by molar-refractivity contribution is 0.0559. The Balaban J connectivity index is 1.81. The molecule has 2 N–H and O–H groups in total. The Morgan fingerprint density at radius 2 is 2.30 bits per heavy atom. The van der Waals surface area contributed by atoms with Gasteiger partial charge in [-0.2, -0.15) is 0 Å². The van der Waals surface area contributed by atoms with Crippen LogP contribution < -0.4 is 15.4 Å². The van der Waals surface area contributed by atoms with E-state index in [2.05, 4.69) is 10.6 Å². The van der Waals surface area contributed by atoms with Gasteiger partial charge in [-0.1, -0.05) is 12.1 Å². The molecular formula is C15H22N2O3. The molecule has 2 rings (SSSR count). The van der Waals surface area contributed by atoms with E-state index in [4.69, 9.17) is 9.47 Å². The molecule has 2 amide bonds. The highest BCUT2D eigenvalue weighted by Crippen LogP contribution is 2.23. The second-order valence-electron chi connectivity index (χ2n) is 4.85. The summed E-state index contributed by atoms with van der Waals surface area (Å²) in [6.45, 7) is 4.70. The van der Waals surface area contributed by atoms with Gasteiger partial charge in [0.1, 0.15) is 5.75 Å². The fourth-order valence-electron chi connectivity index (χ4n) is 2.22. The van der Waals surface area contributed by atoms with Gasteiger partial charge in [0.15, 0.2) is 0 Å². The van der Waals surface area contributed by atoms with E-state index in [1.165, 1.54) is 0 Å². The van der Waals surface area contributed by atoms with E-state index in [0.29, 0.717) is 30.5 Å². The van der Waals surface area contributed by atoms with E-state index in [-0.39, 0.29) is 6.03 Å². The van der Waals surface area contributed by atoms with Crippen LogP contribution in [0, 0.1) is 5.92 Å². The van der Waals surface area contributed by atoms with Crippen LogP contribution in [0.5, 0.6) is 5.75 Å². The van der Waals surface area contributed by atoms with Crippen molar-refractivity contribution in [2.24, 2.45) is 5.92 Å². The lowest BCUT2D eigenvalue weighted by Crippen LogP contribution is -2.35. The molecule has 0 aliphatic carbocycles. The first-order valence-electron chi connectivity index (χ1n) is 7.14. The van der Waals surface area contributed by atoms with Crippen LogP contribution in [0.25, 0.3) is 0 Å². The molecule has 1 aromatic rings. The van der Waals surface area contributed by atoms with Crippen molar-refractivity contribution in [3.63, 3.8) is 0 Å². The molecule has 0 bridgehead atoms. The molecule has 1 heterocycles. The van der Waals surface area contributed by atoms with Crippen LogP contribution in [0.4, 0.5) is 10.5 Å². The molecular weight excluding hydrogens is 256 g/mol. The minimum absolute atomic E-state index is 0.206. The van der Waals surface area contributed by atoms with Crippen molar-refractivity contribution in [2.45, 2.75) is 19.8 Å². The quantitative estimate of drug-likeness (QED) is 0.870. The molecule has 0 aromatic heterocycles. The van der Waals surface area contributed by atoms with Crippen LogP contribution in [0.1, 0.15) is 19.8 Å². The van der Waals surface area contributed by atoms with Gasteiger partial charge in [-0.25, -0.2) is 4.79 Å². The van der Waals surface area contributed by atoms with Crippen molar-refractivity contribution in [3.05, 3.63) is 24.3 Å². The molecule has 1 aromatic carbocycles. The number of ether oxygens (including phenoxy) is 2. The maximum absolute atomic E-state index is 11.9. The number of hydrogen-bond donors (Lipinski definition) is 2. The highest BCUT2D eigenvalue weighted by molar-refractivity contribution is 5.90. The first-order valence-corrected chi connectivity index (χ1v) is 7.14. The molecule has 1 saturated heterocycles. The zero-order valence-corrected chi connectivity index (χ0v) is 11.9. The molecule has 5 heteroatoms. The number of urea groups is 1. The van der Waals surface area contributed by atoms with E-state index < -0.39 is 0 Å². The maximum atomic E-state index is 11.9. The Labute approximate surface area is 119 Å². The number of hydrogen-bond acceptors (Lipinski definition) is 3. The first kappa shape index (κ1) is 14.7. The SMILES string of the molecule is CCOc1ccccc1NC(=O)NCC1CCCOC1. The number of amides is 2. The van der Waals surface area contributed by atoms with Crippen molar-refractivity contribution in [1.29, 1.82) is 0 Å². The number of rotatable bonds is 5. The second kappa shape index (κ2) is 7.75. The lowest BCUT2D eigenvalue weighted by atomic mass is 10.0. The van der Waals surface area contributed by atoms with Crippen molar-refractivity contribution < 1.29 is 14.3 Å². The number of anilines is 1. The van der Waals surface area contributed by atoms with Crippen LogP contribution >= 0.6 is 0 Å². The average Bonchev–Trinajstić information content (AvgIpc) is 2.49. The van der Waals surface area contributed by atoms with Gasteiger partial charge in [0, 0.05) is 13.2 Å². The Hall–Kier alpha value is -1.75. The van der Waals surface area contributed by atoms with Gasteiger partial charge >= 0.3 is 6.03 Å². The normalized spacial score (nSPS) is 18.4. The van der Waals surface area contributed by atoms with Crippen molar-refractivity contribution >= 4 is 11.7 Å². The molecule has 20 heavy (non-hydrogen) atoms. The third-order valence-corrected chi connectivity index (χ3v) is 3.24. The summed E-state index contributed by atoms with van der Waals surface area (Å²) >= 11 is 0. The first-order chi connectivity index (χ1) is 9.79. The minimum atomic E-state index is -0.206. The predicted octanol–water partition coefficient (Wildman–Crippen LogP) is 2.63. The summed E-state index contributed by atoms with van der Waals surface area (Å²) < 4.78 is 10.9. The third-order valence-electron chi connectivity index (χ3n) is 3.24. The second-order valence-corrected chi connectivity index (χ2v) is 4.85. The predicted molar refractivity (Wildman–Crippen MR) is 78.2 cm³/mol. The highest BCUT2D eigenvalue weighted by Gasteiger charge is 2.15. The summed E-state index contributed by atoms with van der Waals surface area (Å²) in [6, 6.07) is 7.21. The summed E-state index contributed by atoms with van der Waals surface area (Å²) in [5, 5.41) is 5.70. The van der Waals surface area contributed by atoms with Gasteiger partial charge in [-0.05, 0) is 37.8 Å². The summed E-state index contributed by atoms with van der Waals surface area (Å²) in [6.07, 6.45) is 2.18. The van der Waals surface area contributed by atoms with E-state index in [9.17, 15) is 4.79 Å². The van der Waals surface area contributed by atoms with E-state index in [1.807, 2.05) is 31.2 Å². The largest absolute Gasteiger partial charge is 0.492 e. The summed E-state index contributed by atoms with van der Waals surface area (Å²) in [5.74, 6) is 1.10. The van der Waals surface area contributed by atoms with Gasteiger partial charge in [0.2, 0.25) is 0 Å². The van der Waals surface area contributed by atoms with Crippen molar-refractivity contribution in [2.75, 3.05) is 31.7 Å². The van der Waals surface area contributed by atoms with E-state index in [0.717, 1.165) is 26.1 Å². The standard InChI is InChI=1S/C15H22N2O3/c1-2-20-14-8-4-3-7-13(14)17-15(18)16-10-12-6-5-9-19-11-12/h3-4,7-8,12H,2,5-6,9-11H2,1H3,(H2,16,17,18). The van der Waals surface area contributed by atoms with Crippen LogP contribution in [0.3, 0.4) is 0 Å². The van der Waals surface area contributed by atoms with Gasteiger partial charge in [0.05, 0.1) is 18.9 Å². The van der Waals surface area contributed by atoms with Gasteiger partial charge in [-0.3, -0.25) is 0 Å². The minimum Gasteiger partial charge on any atom is -0.492 e. The van der Waals surface area contributed by atoms with Gasteiger partial charge in [0.25, 0.3) is 0 Å².